The number of benzene rings is 1. The van der Waals surface area contributed by atoms with Gasteiger partial charge in [0.15, 0.2) is 5.69 Å². The van der Waals surface area contributed by atoms with Crippen molar-refractivity contribution in [3.8, 4) is 5.75 Å². The molecule has 1 atom stereocenters. The summed E-state index contributed by atoms with van der Waals surface area (Å²) in [5.41, 5.74) is 3.55. The van der Waals surface area contributed by atoms with Gasteiger partial charge in [0.1, 0.15) is 5.75 Å². The third-order valence-corrected chi connectivity index (χ3v) is 6.14. The van der Waals surface area contributed by atoms with Gasteiger partial charge in [-0.3, -0.25) is 9.48 Å². The van der Waals surface area contributed by atoms with Crippen molar-refractivity contribution < 1.29 is 27.4 Å². The Bertz CT molecular complexity index is 983. The molecule has 0 unspecified atom stereocenters. The van der Waals surface area contributed by atoms with E-state index in [-0.39, 0.29) is 17.7 Å². The van der Waals surface area contributed by atoms with Crippen molar-refractivity contribution in [2.24, 2.45) is 5.92 Å². The van der Waals surface area contributed by atoms with Crippen LogP contribution < -0.4 is 10.1 Å². The van der Waals surface area contributed by atoms with E-state index in [0.29, 0.717) is 50.9 Å². The number of rotatable bonds is 7. The van der Waals surface area contributed by atoms with Gasteiger partial charge >= 0.3 is 6.36 Å². The molecule has 2 heterocycles. The molecule has 0 spiro atoms. The normalized spacial score (nSPS) is 18.8. The Morgan fingerprint density at radius 2 is 1.94 bits per heavy atom. The summed E-state index contributed by atoms with van der Waals surface area (Å²) in [6.45, 7) is 7.77. The van der Waals surface area contributed by atoms with E-state index in [0.717, 1.165) is 36.2 Å². The molecule has 0 saturated carbocycles. The SMILES string of the molecule is CC(C)Cn1nc(C(=O)N2CCOCC2)c2c1CC[C@H](NCc1ccc(OC(F)(F)F)cc1)C2. The van der Waals surface area contributed by atoms with Crippen molar-refractivity contribution in [3.63, 3.8) is 0 Å². The lowest BCUT2D eigenvalue weighted by atomic mass is 9.90. The fourth-order valence-electron chi connectivity index (χ4n) is 4.52. The molecule has 0 bridgehead atoms. The van der Waals surface area contributed by atoms with Crippen LogP contribution >= 0.6 is 0 Å². The predicted octanol–water partition coefficient (Wildman–Crippen LogP) is 3.56. The Morgan fingerprint density at radius 1 is 1.24 bits per heavy atom. The lowest BCUT2D eigenvalue weighted by Crippen LogP contribution is -2.41. The fraction of sp³-hybridized carbons (Fsp3) is 0.583. The minimum atomic E-state index is -4.70. The second kappa shape index (κ2) is 10.4. The summed E-state index contributed by atoms with van der Waals surface area (Å²) in [6, 6.07) is 6.02. The van der Waals surface area contributed by atoms with E-state index in [1.807, 2.05) is 9.58 Å². The van der Waals surface area contributed by atoms with Crippen LogP contribution in [0.3, 0.4) is 0 Å². The Kier molecular flexibility index (Phi) is 7.47. The minimum absolute atomic E-state index is 0.0389. The monoisotopic (exact) mass is 480 g/mol. The summed E-state index contributed by atoms with van der Waals surface area (Å²) in [5.74, 6) is 0.140. The van der Waals surface area contributed by atoms with Crippen molar-refractivity contribution in [2.75, 3.05) is 26.3 Å². The number of hydrogen-bond donors (Lipinski definition) is 1. The maximum atomic E-state index is 13.3. The number of ether oxygens (including phenoxy) is 2. The Hall–Kier alpha value is -2.59. The third kappa shape index (κ3) is 6.09. The summed E-state index contributed by atoms with van der Waals surface area (Å²) in [7, 11) is 0. The van der Waals surface area contributed by atoms with Crippen LogP contribution in [-0.2, 0) is 30.7 Å². The minimum Gasteiger partial charge on any atom is -0.406 e. The standard InChI is InChI=1S/C24H31F3N4O3/c1-16(2)15-31-21-8-5-18(28-14-17-3-6-19(7-4-17)34-24(25,26)27)13-20(21)22(29-31)23(32)30-9-11-33-12-10-30/h3-4,6-7,16,18,28H,5,8-15H2,1-2H3/t18-/m0/s1. The van der Waals surface area contributed by atoms with Crippen LogP contribution in [-0.4, -0.2) is 59.3 Å². The molecule has 2 aliphatic rings. The highest BCUT2D eigenvalue weighted by molar-refractivity contribution is 5.94. The number of fused-ring (bicyclic) bond motifs is 1. The highest BCUT2D eigenvalue weighted by Crippen LogP contribution is 2.28. The summed E-state index contributed by atoms with van der Waals surface area (Å²) in [6.07, 6.45) is -2.29. The van der Waals surface area contributed by atoms with Crippen LogP contribution in [0.4, 0.5) is 13.2 Å². The van der Waals surface area contributed by atoms with Crippen molar-refractivity contribution in [1.82, 2.24) is 20.0 Å². The summed E-state index contributed by atoms with van der Waals surface area (Å²) in [4.78, 5) is 15.1. The topological polar surface area (TPSA) is 68.6 Å². The molecule has 1 aromatic heterocycles. The molecular formula is C24H31F3N4O3. The van der Waals surface area contributed by atoms with E-state index in [1.165, 1.54) is 12.1 Å². The highest BCUT2D eigenvalue weighted by atomic mass is 19.4. The largest absolute Gasteiger partial charge is 0.573 e. The number of halogens is 3. The number of nitrogens with zero attached hydrogens (tertiary/aromatic N) is 3. The second-order valence-corrected chi connectivity index (χ2v) is 9.27. The number of aromatic nitrogens is 2. The van der Waals surface area contributed by atoms with Crippen molar-refractivity contribution >= 4 is 5.91 Å². The van der Waals surface area contributed by atoms with Crippen LogP contribution in [0, 0.1) is 5.92 Å². The molecule has 10 heteroatoms. The highest BCUT2D eigenvalue weighted by Gasteiger charge is 2.32. The molecule has 1 fully saturated rings. The molecule has 7 nitrogen and oxygen atoms in total. The lowest BCUT2D eigenvalue weighted by Gasteiger charge is -2.28. The van der Waals surface area contributed by atoms with Gasteiger partial charge in [-0.1, -0.05) is 26.0 Å². The van der Waals surface area contributed by atoms with Crippen molar-refractivity contribution in [1.29, 1.82) is 0 Å². The Morgan fingerprint density at radius 3 is 2.59 bits per heavy atom. The van der Waals surface area contributed by atoms with Gasteiger partial charge in [0.25, 0.3) is 5.91 Å². The maximum Gasteiger partial charge on any atom is 0.573 e. The van der Waals surface area contributed by atoms with Gasteiger partial charge in [-0.25, -0.2) is 0 Å². The van der Waals surface area contributed by atoms with E-state index < -0.39 is 6.36 Å². The van der Waals surface area contributed by atoms with Gasteiger partial charge in [0.05, 0.1) is 13.2 Å². The zero-order valence-electron chi connectivity index (χ0n) is 19.5. The number of nitrogens with one attached hydrogen (secondary N) is 1. The zero-order valence-corrected chi connectivity index (χ0v) is 19.5. The first-order valence-corrected chi connectivity index (χ1v) is 11.7. The van der Waals surface area contributed by atoms with Gasteiger partial charge in [0, 0.05) is 43.5 Å². The molecular weight excluding hydrogens is 449 g/mol. The summed E-state index contributed by atoms with van der Waals surface area (Å²) >= 11 is 0. The molecule has 1 aromatic carbocycles. The van der Waals surface area contributed by atoms with E-state index in [1.54, 1.807) is 12.1 Å². The fourth-order valence-corrected chi connectivity index (χ4v) is 4.52. The van der Waals surface area contributed by atoms with Gasteiger partial charge in [-0.05, 0) is 42.9 Å². The van der Waals surface area contributed by atoms with E-state index in [2.05, 4.69) is 23.9 Å². The summed E-state index contributed by atoms with van der Waals surface area (Å²) < 4.78 is 48.4. The molecule has 2 aromatic rings. The van der Waals surface area contributed by atoms with E-state index >= 15 is 0 Å². The average Bonchev–Trinajstić information content (AvgIpc) is 3.14. The Labute approximate surface area is 197 Å². The molecule has 1 aliphatic heterocycles. The van der Waals surface area contributed by atoms with Gasteiger partial charge in [0.2, 0.25) is 0 Å². The predicted molar refractivity (Wildman–Crippen MR) is 120 cm³/mol. The number of carbonyl (C=O) groups is 1. The second-order valence-electron chi connectivity index (χ2n) is 9.27. The molecule has 34 heavy (non-hydrogen) atoms. The van der Waals surface area contributed by atoms with Crippen LogP contribution in [0.2, 0.25) is 0 Å². The van der Waals surface area contributed by atoms with Crippen LogP contribution in [0.25, 0.3) is 0 Å². The first kappa shape index (κ1) is 24.5. The molecule has 0 radical (unpaired) electrons. The third-order valence-electron chi connectivity index (χ3n) is 6.14. The number of carbonyl (C=O) groups excluding carboxylic acids is 1. The zero-order chi connectivity index (χ0) is 24.3. The van der Waals surface area contributed by atoms with Gasteiger partial charge < -0.3 is 19.7 Å². The molecule has 1 aliphatic carbocycles. The lowest BCUT2D eigenvalue weighted by molar-refractivity contribution is -0.274. The number of amides is 1. The Balaban J connectivity index is 1.45. The number of hydrogen-bond acceptors (Lipinski definition) is 5. The average molecular weight is 481 g/mol. The van der Waals surface area contributed by atoms with Crippen LogP contribution in [0.5, 0.6) is 5.75 Å². The molecule has 1 amide bonds. The van der Waals surface area contributed by atoms with Crippen molar-refractivity contribution in [2.45, 2.75) is 58.6 Å². The van der Waals surface area contributed by atoms with Gasteiger partial charge in [-0.15, -0.1) is 13.2 Å². The van der Waals surface area contributed by atoms with E-state index in [9.17, 15) is 18.0 Å². The van der Waals surface area contributed by atoms with Crippen LogP contribution in [0.15, 0.2) is 24.3 Å². The smallest absolute Gasteiger partial charge is 0.406 e. The number of alkyl halides is 3. The maximum absolute atomic E-state index is 13.3. The molecule has 1 saturated heterocycles. The molecule has 1 N–H and O–H groups in total. The van der Waals surface area contributed by atoms with Crippen LogP contribution in [0.1, 0.15) is 47.6 Å². The first-order valence-electron chi connectivity index (χ1n) is 11.7. The quantitative estimate of drug-likeness (QED) is 0.657. The molecule has 186 valence electrons. The van der Waals surface area contributed by atoms with Crippen molar-refractivity contribution in [3.05, 3.63) is 46.8 Å². The summed E-state index contributed by atoms with van der Waals surface area (Å²) in [5, 5.41) is 8.25. The van der Waals surface area contributed by atoms with Gasteiger partial charge in [-0.2, -0.15) is 5.10 Å². The molecule has 4 rings (SSSR count). The van der Waals surface area contributed by atoms with E-state index in [4.69, 9.17) is 9.84 Å². The first-order chi connectivity index (χ1) is 16.2. The number of morpholine rings is 1.